The quantitative estimate of drug-likeness (QED) is 0.489. The molecule has 2 N–H and O–H groups in total. The molecule has 1 aromatic rings. The molecule has 0 radical (unpaired) electrons. The monoisotopic (exact) mass is 477 g/mol. The van der Waals surface area contributed by atoms with E-state index < -0.39 is 0 Å². The van der Waals surface area contributed by atoms with Crippen LogP contribution < -0.4 is 10.6 Å². The maximum absolute atomic E-state index is 14.9. The molecule has 6 nitrogen and oxygen atoms in total. The van der Waals surface area contributed by atoms with E-state index in [4.69, 9.17) is 9.15 Å². The maximum Gasteiger partial charge on any atom is 0.305 e. The van der Waals surface area contributed by atoms with Crippen LogP contribution in [0.2, 0.25) is 0 Å². The molecular weight excluding hydrogens is 445 g/mol. The first-order chi connectivity index (χ1) is 17.1. The third-order valence-electron chi connectivity index (χ3n) is 8.24. The summed E-state index contributed by atoms with van der Waals surface area (Å²) in [4.78, 5) is 14.2. The average Bonchev–Trinajstić information content (AvgIpc) is 3.25. The molecule has 1 aromatic heterocycles. The molecule has 1 fully saturated rings. The fourth-order valence-electron chi connectivity index (χ4n) is 6.30. The minimum Gasteiger partial charge on any atom is -0.469 e. The molecule has 1 unspecified atom stereocenters. The van der Waals surface area contributed by atoms with Crippen molar-refractivity contribution in [3.8, 4) is 0 Å². The van der Waals surface area contributed by atoms with Crippen LogP contribution in [-0.4, -0.2) is 43.2 Å². The summed E-state index contributed by atoms with van der Waals surface area (Å²) in [6.45, 7) is 1.99. The maximum atomic E-state index is 14.9. The lowest BCUT2D eigenvalue weighted by Gasteiger charge is -2.40. The minimum absolute atomic E-state index is 0.0869. The zero-order valence-corrected chi connectivity index (χ0v) is 20.1. The summed E-state index contributed by atoms with van der Waals surface area (Å²) in [7, 11) is 1.47. The zero-order valence-electron chi connectivity index (χ0n) is 20.1. The van der Waals surface area contributed by atoms with Crippen molar-refractivity contribution >= 4 is 17.7 Å². The van der Waals surface area contributed by atoms with Crippen LogP contribution in [0.1, 0.15) is 55.4 Å². The predicted molar refractivity (Wildman–Crippen MR) is 132 cm³/mol. The topological polar surface area (TPSA) is 66.7 Å². The van der Waals surface area contributed by atoms with Gasteiger partial charge in [-0.2, -0.15) is 0 Å². The molecule has 3 aliphatic heterocycles. The second-order valence-corrected chi connectivity index (χ2v) is 10.2. The van der Waals surface area contributed by atoms with Crippen LogP contribution >= 0.6 is 0 Å². The van der Waals surface area contributed by atoms with E-state index >= 15 is 0 Å². The standard InChI is InChI=1S/C28H32FN3O3/c1-34-25(33)13-17-4-6-20(7-5-17)32-11-8-18(9-12-32)23-15-24-26-19(16-35-24)14-22(29)21-3-2-10-30-27(21)28(26)31-23/h2-3,8,10,14,16-17,20,23,30-31H,4-7,9,11-13,15H2,1H3. The first-order valence-corrected chi connectivity index (χ1v) is 12.7. The summed E-state index contributed by atoms with van der Waals surface area (Å²) in [5.41, 5.74) is 5.42. The van der Waals surface area contributed by atoms with Crippen molar-refractivity contribution in [3.63, 3.8) is 0 Å². The molecule has 35 heavy (non-hydrogen) atoms. The molecule has 0 spiro atoms. The van der Waals surface area contributed by atoms with Crippen LogP contribution in [0.25, 0.3) is 11.8 Å². The first kappa shape index (κ1) is 22.4. The van der Waals surface area contributed by atoms with Crippen LogP contribution in [0.15, 0.2) is 57.8 Å². The van der Waals surface area contributed by atoms with Gasteiger partial charge in [-0.15, -0.1) is 0 Å². The Morgan fingerprint density at radius 2 is 2.11 bits per heavy atom. The molecule has 7 heteroatoms. The lowest BCUT2D eigenvalue weighted by molar-refractivity contribution is -0.142. The number of ether oxygens (including phenoxy) is 1. The summed E-state index contributed by atoms with van der Waals surface area (Å²) in [6, 6.07) is 0.726. The lowest BCUT2D eigenvalue weighted by atomic mass is 9.82. The summed E-state index contributed by atoms with van der Waals surface area (Å²) in [6.07, 6.45) is 17.9. The van der Waals surface area contributed by atoms with Gasteiger partial charge in [-0.25, -0.2) is 4.39 Å². The van der Waals surface area contributed by atoms with Crippen LogP contribution in [0.3, 0.4) is 0 Å². The Morgan fingerprint density at radius 1 is 1.26 bits per heavy atom. The van der Waals surface area contributed by atoms with Gasteiger partial charge in [0.1, 0.15) is 11.6 Å². The van der Waals surface area contributed by atoms with Crippen molar-refractivity contribution < 1.29 is 18.3 Å². The van der Waals surface area contributed by atoms with E-state index in [9.17, 15) is 9.18 Å². The highest BCUT2D eigenvalue weighted by Crippen LogP contribution is 2.41. The number of hydrogen-bond acceptors (Lipinski definition) is 6. The van der Waals surface area contributed by atoms with E-state index in [1.807, 2.05) is 18.4 Å². The fraction of sp³-hybridized carbons (Fsp3) is 0.464. The summed E-state index contributed by atoms with van der Waals surface area (Å²) in [5.74, 6) is 1.04. The number of esters is 1. The Hall–Kier alpha value is -3.06. The van der Waals surface area contributed by atoms with Gasteiger partial charge in [0.2, 0.25) is 0 Å². The van der Waals surface area contributed by atoms with E-state index in [0.29, 0.717) is 24.0 Å². The summed E-state index contributed by atoms with van der Waals surface area (Å²) in [5, 5.41) is 7.01. The number of carbonyl (C=O) groups excluding carboxylic acids is 1. The number of halogens is 1. The molecule has 0 aromatic carbocycles. The Balaban J connectivity index is 1.16. The van der Waals surface area contributed by atoms with Crippen LogP contribution in [-0.2, 0) is 16.0 Å². The normalized spacial score (nSPS) is 27.9. The third-order valence-corrected chi connectivity index (χ3v) is 8.24. The summed E-state index contributed by atoms with van der Waals surface area (Å²) < 4.78 is 25.7. The molecule has 2 aliphatic carbocycles. The Bertz CT molecular complexity index is 1180. The number of fused-ring (bicyclic) bond motifs is 1. The highest BCUT2D eigenvalue weighted by atomic mass is 19.1. The number of carbonyl (C=O) groups is 1. The molecule has 184 valence electrons. The molecule has 5 aliphatic rings. The number of furan rings is 1. The Labute approximate surface area is 205 Å². The van der Waals surface area contributed by atoms with Gasteiger partial charge in [-0.1, -0.05) is 6.08 Å². The number of methoxy groups -OCH3 is 1. The highest BCUT2D eigenvalue weighted by molar-refractivity contribution is 5.85. The fourth-order valence-corrected chi connectivity index (χ4v) is 6.30. The molecule has 6 rings (SSSR count). The van der Waals surface area contributed by atoms with E-state index in [-0.39, 0.29) is 17.8 Å². The second kappa shape index (κ2) is 9.19. The van der Waals surface area contributed by atoms with Gasteiger partial charge in [0.15, 0.2) is 0 Å². The van der Waals surface area contributed by atoms with E-state index in [1.54, 1.807) is 12.3 Å². The van der Waals surface area contributed by atoms with Crippen LogP contribution in [0.5, 0.6) is 0 Å². The molecule has 1 saturated carbocycles. The number of rotatable bonds is 4. The second-order valence-electron chi connectivity index (χ2n) is 10.2. The number of hydrogen-bond donors (Lipinski definition) is 2. The highest BCUT2D eigenvalue weighted by Gasteiger charge is 2.35. The van der Waals surface area contributed by atoms with Crippen molar-refractivity contribution in [1.82, 2.24) is 15.5 Å². The molecule has 0 bridgehead atoms. The number of allylic oxidation sites excluding steroid dienone is 3. The van der Waals surface area contributed by atoms with Crippen LogP contribution in [0.4, 0.5) is 4.39 Å². The molecule has 0 amide bonds. The predicted octanol–water partition coefficient (Wildman–Crippen LogP) is 4.58. The molecule has 4 heterocycles. The summed E-state index contributed by atoms with van der Waals surface area (Å²) >= 11 is 0. The van der Waals surface area contributed by atoms with E-state index in [2.05, 4.69) is 21.6 Å². The number of nitrogens with zero attached hydrogens (tertiary/aromatic N) is 1. The van der Waals surface area contributed by atoms with Gasteiger partial charge >= 0.3 is 5.97 Å². The van der Waals surface area contributed by atoms with Gasteiger partial charge in [0.05, 0.1) is 30.8 Å². The SMILES string of the molecule is COC(=O)CC1CCC(N2CC=C(C3Cc4occ5c4C(=C4NC=CC=C4C(F)=C5)N3)CC2)CC1. The van der Waals surface area contributed by atoms with Crippen molar-refractivity contribution in [2.75, 3.05) is 20.2 Å². The Kier molecular flexibility index (Phi) is 5.88. The van der Waals surface area contributed by atoms with Gasteiger partial charge in [-0.05, 0) is 61.8 Å². The van der Waals surface area contributed by atoms with E-state index in [0.717, 1.165) is 79.9 Å². The minimum atomic E-state index is -0.255. The molecule has 1 atom stereocenters. The zero-order chi connectivity index (χ0) is 23.9. The van der Waals surface area contributed by atoms with Crippen molar-refractivity contribution in [3.05, 3.63) is 70.2 Å². The molecule has 0 saturated heterocycles. The van der Waals surface area contributed by atoms with Crippen molar-refractivity contribution in [2.24, 2.45) is 5.92 Å². The largest absolute Gasteiger partial charge is 0.469 e. The van der Waals surface area contributed by atoms with Gasteiger partial charge in [0, 0.05) is 54.9 Å². The van der Waals surface area contributed by atoms with Crippen LogP contribution in [0, 0.1) is 5.92 Å². The Morgan fingerprint density at radius 3 is 2.89 bits per heavy atom. The van der Waals surface area contributed by atoms with Crippen molar-refractivity contribution in [2.45, 2.75) is 57.0 Å². The average molecular weight is 478 g/mol. The number of dihydropyridines is 1. The lowest BCUT2D eigenvalue weighted by Crippen LogP contribution is -2.44. The molecular formula is C28H32FN3O3. The first-order valence-electron chi connectivity index (χ1n) is 12.7. The van der Waals surface area contributed by atoms with Gasteiger partial charge in [-0.3, -0.25) is 9.69 Å². The van der Waals surface area contributed by atoms with Crippen molar-refractivity contribution in [1.29, 1.82) is 0 Å². The third kappa shape index (κ3) is 4.16. The number of nitrogens with one attached hydrogen (secondary N) is 2. The smallest absolute Gasteiger partial charge is 0.305 e. The van der Waals surface area contributed by atoms with Gasteiger partial charge in [0.25, 0.3) is 0 Å². The van der Waals surface area contributed by atoms with Gasteiger partial charge < -0.3 is 19.8 Å². The van der Waals surface area contributed by atoms with E-state index in [1.165, 1.54) is 12.7 Å².